The topological polar surface area (TPSA) is 105 Å². The van der Waals surface area contributed by atoms with E-state index < -0.39 is 5.97 Å². The van der Waals surface area contributed by atoms with Gasteiger partial charge in [0.25, 0.3) is 5.91 Å². The lowest BCUT2D eigenvalue weighted by molar-refractivity contribution is 0.0696. The molecule has 104 valence electrons. The first-order chi connectivity index (χ1) is 9.49. The smallest absolute Gasteiger partial charge is 0.335 e. The lowest BCUT2D eigenvalue weighted by atomic mass is 10.2. The van der Waals surface area contributed by atoms with Crippen LogP contribution in [-0.4, -0.2) is 27.1 Å². The first-order valence-corrected chi connectivity index (χ1v) is 5.88. The van der Waals surface area contributed by atoms with Crippen LogP contribution < -0.4 is 5.32 Å². The normalized spacial score (nSPS) is 10.3. The summed E-state index contributed by atoms with van der Waals surface area (Å²) in [5.41, 5.74) is 1.48. The van der Waals surface area contributed by atoms with Gasteiger partial charge in [0.1, 0.15) is 11.3 Å². The van der Waals surface area contributed by atoms with Crippen LogP contribution in [0, 0.1) is 13.8 Å². The van der Waals surface area contributed by atoms with Gasteiger partial charge < -0.3 is 14.9 Å². The lowest BCUT2D eigenvalue weighted by Crippen LogP contribution is -2.24. The maximum atomic E-state index is 12.0. The van der Waals surface area contributed by atoms with Crippen LogP contribution >= 0.6 is 0 Å². The Morgan fingerprint density at radius 3 is 2.75 bits per heavy atom. The van der Waals surface area contributed by atoms with Crippen LogP contribution in [0.3, 0.4) is 0 Å². The van der Waals surface area contributed by atoms with Gasteiger partial charge in [0.15, 0.2) is 0 Å². The fourth-order valence-corrected chi connectivity index (χ4v) is 1.77. The van der Waals surface area contributed by atoms with Gasteiger partial charge in [-0.15, -0.1) is 0 Å². The first-order valence-electron chi connectivity index (χ1n) is 5.88. The van der Waals surface area contributed by atoms with E-state index in [0.717, 1.165) is 0 Å². The maximum Gasteiger partial charge on any atom is 0.335 e. The van der Waals surface area contributed by atoms with E-state index in [1.54, 1.807) is 13.8 Å². The van der Waals surface area contributed by atoms with E-state index in [0.29, 0.717) is 22.7 Å². The van der Waals surface area contributed by atoms with E-state index >= 15 is 0 Å². The molecule has 0 fully saturated rings. The zero-order chi connectivity index (χ0) is 14.7. The average Bonchev–Trinajstić information content (AvgIpc) is 2.76. The number of nitrogens with one attached hydrogen (secondary N) is 1. The number of pyridine rings is 1. The minimum Gasteiger partial charge on any atom is -0.478 e. The quantitative estimate of drug-likeness (QED) is 0.871. The van der Waals surface area contributed by atoms with Gasteiger partial charge in [-0.1, -0.05) is 5.16 Å². The highest BCUT2D eigenvalue weighted by Gasteiger charge is 2.17. The van der Waals surface area contributed by atoms with Crippen molar-refractivity contribution in [3.05, 3.63) is 46.6 Å². The molecule has 0 radical (unpaired) electrons. The van der Waals surface area contributed by atoms with Gasteiger partial charge in [-0.25, -0.2) is 4.79 Å². The van der Waals surface area contributed by atoms with E-state index in [9.17, 15) is 9.59 Å². The molecule has 0 atom stereocenters. The van der Waals surface area contributed by atoms with Crippen LogP contribution in [-0.2, 0) is 6.54 Å². The molecule has 2 N–H and O–H groups in total. The third kappa shape index (κ3) is 2.82. The Bertz CT molecular complexity index is 644. The number of carbonyl (C=O) groups excluding carboxylic acids is 1. The van der Waals surface area contributed by atoms with Crippen molar-refractivity contribution in [2.45, 2.75) is 20.4 Å². The molecule has 0 unspecified atom stereocenters. The molecule has 0 bridgehead atoms. The number of carboxylic acid groups (broad SMARTS) is 1. The van der Waals surface area contributed by atoms with E-state index in [-0.39, 0.29) is 18.0 Å². The van der Waals surface area contributed by atoms with Gasteiger partial charge in [0.2, 0.25) is 0 Å². The minimum atomic E-state index is -1.04. The molecule has 7 heteroatoms. The second-order valence-corrected chi connectivity index (χ2v) is 4.22. The predicted octanol–water partition coefficient (Wildman–Crippen LogP) is 1.31. The molecule has 2 aromatic rings. The number of amides is 1. The summed E-state index contributed by atoms with van der Waals surface area (Å²) in [4.78, 5) is 26.8. The molecule has 0 spiro atoms. The van der Waals surface area contributed by atoms with Crippen LogP contribution in [0.4, 0.5) is 0 Å². The molecule has 2 rings (SSSR count). The highest BCUT2D eigenvalue weighted by molar-refractivity contribution is 5.96. The molecule has 0 aliphatic rings. The predicted molar refractivity (Wildman–Crippen MR) is 68.3 cm³/mol. The van der Waals surface area contributed by atoms with Crippen molar-refractivity contribution in [3.8, 4) is 0 Å². The van der Waals surface area contributed by atoms with Crippen molar-refractivity contribution in [2.24, 2.45) is 0 Å². The number of carbonyl (C=O) groups is 2. The molecule has 2 heterocycles. The molecule has 0 saturated heterocycles. The molecule has 2 aromatic heterocycles. The summed E-state index contributed by atoms with van der Waals surface area (Å²) in [5.74, 6) is -0.929. The molecular weight excluding hydrogens is 262 g/mol. The zero-order valence-corrected chi connectivity index (χ0v) is 11.0. The Balaban J connectivity index is 2.07. The van der Waals surface area contributed by atoms with Gasteiger partial charge in [-0.05, 0) is 26.0 Å². The average molecular weight is 275 g/mol. The van der Waals surface area contributed by atoms with E-state index in [1.165, 1.54) is 18.3 Å². The van der Waals surface area contributed by atoms with Crippen LogP contribution in [0.25, 0.3) is 0 Å². The zero-order valence-electron chi connectivity index (χ0n) is 11.0. The summed E-state index contributed by atoms with van der Waals surface area (Å²) >= 11 is 0. The van der Waals surface area contributed by atoms with Crippen molar-refractivity contribution < 1.29 is 19.2 Å². The maximum absolute atomic E-state index is 12.0. The van der Waals surface area contributed by atoms with Crippen molar-refractivity contribution in [1.82, 2.24) is 15.5 Å². The number of hydrogen-bond acceptors (Lipinski definition) is 5. The highest BCUT2D eigenvalue weighted by atomic mass is 16.5. The summed E-state index contributed by atoms with van der Waals surface area (Å²) < 4.78 is 4.91. The van der Waals surface area contributed by atoms with Crippen molar-refractivity contribution in [1.29, 1.82) is 0 Å². The fraction of sp³-hybridized carbons (Fsp3) is 0.231. The number of hydrogen-bond donors (Lipinski definition) is 2. The lowest BCUT2D eigenvalue weighted by Gasteiger charge is -2.05. The van der Waals surface area contributed by atoms with Gasteiger partial charge in [-0.2, -0.15) is 0 Å². The summed E-state index contributed by atoms with van der Waals surface area (Å²) in [6.07, 6.45) is 1.39. The standard InChI is InChI=1S/C13H13N3O4/c1-7-11(8(2)20-16-7)12(17)15-6-10-5-9(13(18)19)3-4-14-10/h3-5H,6H2,1-2H3,(H,15,17)(H,18,19). The minimum absolute atomic E-state index is 0.126. The fourth-order valence-electron chi connectivity index (χ4n) is 1.77. The molecule has 0 aliphatic heterocycles. The summed E-state index contributed by atoms with van der Waals surface area (Å²) in [6, 6.07) is 2.80. The van der Waals surface area contributed by atoms with Crippen molar-refractivity contribution >= 4 is 11.9 Å². The largest absolute Gasteiger partial charge is 0.478 e. The highest BCUT2D eigenvalue weighted by Crippen LogP contribution is 2.12. The Labute approximate surface area is 114 Å². The van der Waals surface area contributed by atoms with Gasteiger partial charge >= 0.3 is 5.97 Å². The second kappa shape index (κ2) is 5.52. The Kier molecular flexibility index (Phi) is 3.79. The summed E-state index contributed by atoms with van der Waals surface area (Å²) in [6.45, 7) is 3.46. The Morgan fingerprint density at radius 1 is 1.40 bits per heavy atom. The van der Waals surface area contributed by atoms with Crippen LogP contribution in [0.5, 0.6) is 0 Å². The summed E-state index contributed by atoms with van der Waals surface area (Å²) in [5, 5.41) is 15.2. The SMILES string of the molecule is Cc1noc(C)c1C(=O)NCc1cc(C(=O)O)ccn1. The second-order valence-electron chi connectivity index (χ2n) is 4.22. The summed E-state index contributed by atoms with van der Waals surface area (Å²) in [7, 11) is 0. The number of aryl methyl sites for hydroxylation is 2. The molecule has 7 nitrogen and oxygen atoms in total. The number of aromatic carboxylic acids is 1. The first kappa shape index (κ1) is 13.7. The Morgan fingerprint density at radius 2 is 2.15 bits per heavy atom. The molecule has 20 heavy (non-hydrogen) atoms. The molecule has 1 amide bonds. The van der Waals surface area contributed by atoms with E-state index in [4.69, 9.17) is 9.63 Å². The number of rotatable bonds is 4. The van der Waals surface area contributed by atoms with E-state index in [2.05, 4.69) is 15.5 Å². The molecule has 0 aromatic carbocycles. The molecule has 0 saturated carbocycles. The molecule has 0 aliphatic carbocycles. The number of nitrogens with zero attached hydrogens (tertiary/aromatic N) is 2. The monoisotopic (exact) mass is 275 g/mol. The van der Waals surface area contributed by atoms with Crippen molar-refractivity contribution in [2.75, 3.05) is 0 Å². The third-order valence-electron chi connectivity index (χ3n) is 2.75. The third-order valence-corrected chi connectivity index (χ3v) is 2.75. The van der Waals surface area contributed by atoms with Gasteiger partial charge in [0.05, 0.1) is 23.5 Å². The number of carboxylic acids is 1. The van der Waals surface area contributed by atoms with Gasteiger partial charge in [-0.3, -0.25) is 9.78 Å². The van der Waals surface area contributed by atoms with Crippen LogP contribution in [0.2, 0.25) is 0 Å². The van der Waals surface area contributed by atoms with Crippen LogP contribution in [0.15, 0.2) is 22.9 Å². The van der Waals surface area contributed by atoms with Crippen molar-refractivity contribution in [3.63, 3.8) is 0 Å². The van der Waals surface area contributed by atoms with E-state index in [1.807, 2.05) is 0 Å². The molecular formula is C13H13N3O4. The van der Waals surface area contributed by atoms with Gasteiger partial charge in [0, 0.05) is 6.20 Å². The Hall–Kier alpha value is -2.70. The number of aromatic nitrogens is 2. The van der Waals surface area contributed by atoms with Crippen LogP contribution in [0.1, 0.15) is 37.9 Å².